The number of quaternary nitrogens is 1. The van der Waals surface area contributed by atoms with Gasteiger partial charge in [-0.25, -0.2) is 0 Å². The second kappa shape index (κ2) is 85.2. The molecule has 0 aromatic rings. The van der Waals surface area contributed by atoms with Crippen molar-refractivity contribution in [2.24, 2.45) is 0 Å². The summed E-state index contributed by atoms with van der Waals surface area (Å²) in [4.78, 5) is 38.3. The molecule has 0 saturated carbocycles. The first-order valence-electron chi connectivity index (χ1n) is 46.7. The molecule has 0 fully saturated rings. The van der Waals surface area contributed by atoms with Gasteiger partial charge < -0.3 is 27.9 Å². The molecule has 0 aromatic heterocycles. The number of carbonyl (C=O) groups excluding carboxylic acids is 2. The summed E-state index contributed by atoms with van der Waals surface area (Å²) in [6.07, 6.45) is 113. The second-order valence-electron chi connectivity index (χ2n) is 33.4. The van der Waals surface area contributed by atoms with Gasteiger partial charge in [0.15, 0.2) is 6.10 Å². The maximum atomic E-state index is 12.9. The van der Waals surface area contributed by atoms with E-state index in [1.54, 1.807) is 0 Å². The van der Waals surface area contributed by atoms with E-state index in [0.717, 1.165) is 44.9 Å². The molecule has 0 bridgehead atoms. The number of unbranched alkanes of at least 4 members (excludes halogenated alkanes) is 69. The molecule has 0 N–H and O–H groups in total. The van der Waals surface area contributed by atoms with Crippen LogP contribution < -0.4 is 4.89 Å². The number of rotatable bonds is 89. The van der Waals surface area contributed by atoms with E-state index < -0.39 is 26.5 Å². The normalized spacial score (nSPS) is 13.0. The van der Waals surface area contributed by atoms with Gasteiger partial charge in [-0.3, -0.25) is 14.2 Å². The zero-order valence-corrected chi connectivity index (χ0v) is 71.7. The van der Waals surface area contributed by atoms with E-state index in [2.05, 4.69) is 50.3 Å². The summed E-state index contributed by atoms with van der Waals surface area (Å²) in [6, 6.07) is 0. The smallest absolute Gasteiger partial charge is 0.306 e. The Morgan fingerprint density at radius 1 is 0.298 bits per heavy atom. The van der Waals surface area contributed by atoms with Crippen molar-refractivity contribution in [1.82, 2.24) is 0 Å². The Morgan fingerprint density at radius 2 is 0.519 bits per heavy atom. The molecule has 0 amide bonds. The predicted octanol–water partition coefficient (Wildman–Crippen LogP) is 31.0. The van der Waals surface area contributed by atoms with Crippen molar-refractivity contribution in [3.05, 3.63) is 36.5 Å². The maximum absolute atomic E-state index is 12.9. The number of ether oxygens (including phenoxy) is 2. The van der Waals surface area contributed by atoms with Gasteiger partial charge in [0, 0.05) is 12.8 Å². The van der Waals surface area contributed by atoms with Crippen molar-refractivity contribution in [2.75, 3.05) is 47.5 Å². The van der Waals surface area contributed by atoms with Gasteiger partial charge in [-0.1, -0.05) is 474 Å². The second-order valence-corrected chi connectivity index (χ2v) is 34.8. The van der Waals surface area contributed by atoms with Crippen LogP contribution in [0.3, 0.4) is 0 Å². The Balaban J connectivity index is 3.81. The van der Waals surface area contributed by atoms with Gasteiger partial charge >= 0.3 is 11.9 Å². The van der Waals surface area contributed by atoms with E-state index in [1.165, 1.54) is 424 Å². The Bertz CT molecular complexity index is 1850. The van der Waals surface area contributed by atoms with Crippen LogP contribution in [-0.4, -0.2) is 70.0 Å². The number of likely N-dealkylation sites (N-methyl/N-ethyl adjacent to an activating group) is 1. The Hall–Kier alpha value is -1.77. The van der Waals surface area contributed by atoms with E-state index in [0.29, 0.717) is 17.4 Å². The number of carbonyl (C=O) groups is 2. The van der Waals surface area contributed by atoms with E-state index in [4.69, 9.17) is 18.5 Å². The summed E-state index contributed by atoms with van der Waals surface area (Å²) in [5.74, 6) is -0.802. The summed E-state index contributed by atoms with van der Waals surface area (Å²) in [6.45, 7) is 4.33. The van der Waals surface area contributed by atoms with E-state index in [-0.39, 0.29) is 32.0 Å². The van der Waals surface area contributed by atoms with Crippen molar-refractivity contribution in [3.8, 4) is 0 Å². The van der Waals surface area contributed by atoms with Crippen LogP contribution in [0.25, 0.3) is 0 Å². The third kappa shape index (κ3) is 89.1. The quantitative estimate of drug-likeness (QED) is 0.0195. The molecule has 0 spiro atoms. The molecular weight excluding hydrogens is 1300 g/mol. The lowest BCUT2D eigenvalue weighted by Crippen LogP contribution is -2.37. The van der Waals surface area contributed by atoms with Gasteiger partial charge in [0.25, 0.3) is 7.82 Å². The van der Waals surface area contributed by atoms with Gasteiger partial charge in [0.2, 0.25) is 0 Å². The van der Waals surface area contributed by atoms with Gasteiger partial charge in [-0.05, 0) is 51.4 Å². The zero-order valence-electron chi connectivity index (χ0n) is 70.8. The fourth-order valence-corrected chi connectivity index (χ4v) is 15.3. The van der Waals surface area contributed by atoms with Crippen LogP contribution in [-0.2, 0) is 32.7 Å². The molecule has 0 rings (SSSR count). The fourth-order valence-electron chi connectivity index (χ4n) is 14.6. The largest absolute Gasteiger partial charge is 0.756 e. The molecule has 2 unspecified atom stereocenters. The summed E-state index contributed by atoms with van der Waals surface area (Å²) in [5.41, 5.74) is 0. The molecule has 0 heterocycles. The van der Waals surface area contributed by atoms with Gasteiger partial charge in [-0.15, -0.1) is 0 Å². The first-order valence-corrected chi connectivity index (χ1v) is 48.2. The maximum Gasteiger partial charge on any atom is 0.306 e. The third-order valence-electron chi connectivity index (χ3n) is 21.7. The lowest BCUT2D eigenvalue weighted by atomic mass is 10.0. The van der Waals surface area contributed by atoms with Crippen LogP contribution in [0.4, 0.5) is 0 Å². The van der Waals surface area contributed by atoms with Crippen molar-refractivity contribution in [1.29, 1.82) is 0 Å². The van der Waals surface area contributed by atoms with Crippen LogP contribution in [0.1, 0.15) is 502 Å². The average Bonchev–Trinajstić information content (AvgIpc) is 0.915. The number of phosphoric acid groups is 1. The van der Waals surface area contributed by atoms with Crippen molar-refractivity contribution in [3.63, 3.8) is 0 Å². The molecule has 0 aliphatic heterocycles. The van der Waals surface area contributed by atoms with E-state index in [1.807, 2.05) is 21.1 Å². The Labute approximate surface area is 650 Å². The highest BCUT2D eigenvalue weighted by atomic mass is 31.2. The van der Waals surface area contributed by atoms with Crippen molar-refractivity contribution >= 4 is 19.8 Å². The van der Waals surface area contributed by atoms with Gasteiger partial charge in [0.1, 0.15) is 19.8 Å². The lowest BCUT2D eigenvalue weighted by molar-refractivity contribution is -0.870. The molecule has 10 heteroatoms. The topological polar surface area (TPSA) is 111 Å². The van der Waals surface area contributed by atoms with Crippen LogP contribution in [0.5, 0.6) is 0 Å². The molecule has 616 valence electrons. The standard InChI is InChI=1S/C94H182NO8P/c1-6-8-10-12-14-16-18-20-22-24-26-28-30-32-34-36-38-40-42-44-46-47-49-50-52-54-56-58-60-62-64-66-68-70-72-74-76-78-80-82-84-86-93(96)100-90-92(91-102-104(98,99)101-89-88-95(3,4)5)103-94(97)87-85-83-81-79-77-75-73-71-69-67-65-63-61-59-57-55-53-51-48-45-43-41-39-37-35-33-31-29-27-25-23-21-19-17-15-13-11-9-7-2/h19,21,25,27,31,33,92H,6-18,20,22-24,26,28-30,32,34-91H2,1-5H3/b21-19-,27-25-,33-31-. The number of hydrogen-bond donors (Lipinski definition) is 0. The summed E-state index contributed by atoms with van der Waals surface area (Å²) in [7, 11) is 1.20. The summed E-state index contributed by atoms with van der Waals surface area (Å²) >= 11 is 0. The first kappa shape index (κ1) is 102. The van der Waals surface area contributed by atoms with E-state index in [9.17, 15) is 19.0 Å². The molecule has 0 radical (unpaired) electrons. The summed E-state index contributed by atoms with van der Waals surface area (Å²) in [5, 5.41) is 0. The van der Waals surface area contributed by atoms with Gasteiger partial charge in [0.05, 0.1) is 27.7 Å². The minimum atomic E-state index is -4.65. The number of hydrogen-bond acceptors (Lipinski definition) is 8. The highest BCUT2D eigenvalue weighted by Crippen LogP contribution is 2.38. The molecule has 0 aromatic carbocycles. The number of esters is 2. The lowest BCUT2D eigenvalue weighted by Gasteiger charge is -2.28. The molecule has 0 saturated heterocycles. The van der Waals surface area contributed by atoms with E-state index >= 15 is 0 Å². The molecule has 9 nitrogen and oxygen atoms in total. The van der Waals surface area contributed by atoms with Gasteiger partial charge in [-0.2, -0.15) is 0 Å². The van der Waals surface area contributed by atoms with Crippen LogP contribution in [0.2, 0.25) is 0 Å². The van der Waals surface area contributed by atoms with Crippen LogP contribution in [0, 0.1) is 0 Å². The Kier molecular flexibility index (Phi) is 83.8. The zero-order chi connectivity index (χ0) is 75.4. The number of nitrogens with zero attached hydrogens (tertiary/aromatic N) is 1. The van der Waals surface area contributed by atoms with Crippen molar-refractivity contribution < 1.29 is 42.1 Å². The molecular formula is C94H182NO8P. The molecule has 0 aliphatic rings. The summed E-state index contributed by atoms with van der Waals surface area (Å²) < 4.78 is 34.5. The van der Waals surface area contributed by atoms with Crippen LogP contribution >= 0.6 is 7.82 Å². The number of allylic oxidation sites excluding steroid dienone is 6. The molecule has 0 aliphatic carbocycles. The fraction of sp³-hybridized carbons (Fsp3) is 0.915. The molecule has 2 atom stereocenters. The first-order chi connectivity index (χ1) is 51.0. The molecule has 104 heavy (non-hydrogen) atoms. The minimum Gasteiger partial charge on any atom is -0.756 e. The van der Waals surface area contributed by atoms with Crippen LogP contribution in [0.15, 0.2) is 36.5 Å². The SMILES string of the molecule is CCCCCCC/C=C\C/C=C\C/C=C\CCCCCCCCCCCCCCCCCCCCCCCCCCC(=O)OC(COC(=O)CCCCCCCCCCCCCCCCCCCCCCCCCCCCCCCCCCCCCCCCCCC)COP(=O)([O-])OCC[N+](C)(C)C. The highest BCUT2D eigenvalue weighted by Gasteiger charge is 2.22. The Morgan fingerprint density at radius 3 is 0.769 bits per heavy atom. The third-order valence-corrected chi connectivity index (χ3v) is 22.6. The minimum absolute atomic E-state index is 0.0265. The average molecular weight is 1490 g/mol. The predicted molar refractivity (Wildman–Crippen MR) is 453 cm³/mol. The monoisotopic (exact) mass is 1480 g/mol. The number of phosphoric ester groups is 1. The van der Waals surface area contributed by atoms with Crippen molar-refractivity contribution in [2.45, 2.75) is 508 Å². The highest BCUT2D eigenvalue weighted by molar-refractivity contribution is 7.45.